The Bertz CT molecular complexity index is 913. The molecule has 0 aliphatic rings. The number of para-hydroxylation sites is 1. The lowest BCUT2D eigenvalue weighted by molar-refractivity contribution is 0.0785. The van der Waals surface area contributed by atoms with Crippen molar-refractivity contribution >= 4 is 17.4 Å². The summed E-state index contributed by atoms with van der Waals surface area (Å²) in [5.74, 6) is -0.766. The number of carbonyl (C=O) groups excluding carboxylic acids is 1. The number of anilines is 2. The lowest BCUT2D eigenvalue weighted by Crippen LogP contribution is -2.27. The Labute approximate surface area is 150 Å². The molecule has 1 heterocycles. The molecule has 3 aromatic rings. The monoisotopic (exact) mass is 353 g/mol. The minimum Gasteiger partial charge on any atom is -0.337 e. The smallest absolute Gasteiger partial charge is 0.257 e. The number of pyridine rings is 1. The van der Waals surface area contributed by atoms with Crippen LogP contribution in [0.2, 0.25) is 0 Å². The zero-order valence-electron chi connectivity index (χ0n) is 14.1. The van der Waals surface area contributed by atoms with Crippen molar-refractivity contribution < 1.29 is 13.6 Å². The number of amides is 1. The molecule has 1 aromatic heterocycles. The fourth-order valence-electron chi connectivity index (χ4n) is 2.51. The van der Waals surface area contributed by atoms with Crippen LogP contribution in [0, 0.1) is 11.6 Å². The van der Waals surface area contributed by atoms with Gasteiger partial charge >= 0.3 is 0 Å². The van der Waals surface area contributed by atoms with Gasteiger partial charge in [0.1, 0.15) is 17.5 Å². The summed E-state index contributed by atoms with van der Waals surface area (Å²) in [5, 5.41) is 2.86. The van der Waals surface area contributed by atoms with Crippen LogP contribution >= 0.6 is 0 Å². The second-order valence-corrected chi connectivity index (χ2v) is 5.79. The first-order chi connectivity index (χ1) is 12.5. The summed E-state index contributed by atoms with van der Waals surface area (Å²) in [5.41, 5.74) is 1.36. The van der Waals surface area contributed by atoms with Crippen molar-refractivity contribution in [3.8, 4) is 0 Å². The molecule has 26 heavy (non-hydrogen) atoms. The average molecular weight is 353 g/mol. The van der Waals surface area contributed by atoms with Gasteiger partial charge in [0.15, 0.2) is 0 Å². The van der Waals surface area contributed by atoms with Gasteiger partial charge in [-0.15, -0.1) is 0 Å². The molecule has 1 amide bonds. The lowest BCUT2D eigenvalue weighted by Gasteiger charge is -2.19. The van der Waals surface area contributed by atoms with Gasteiger partial charge in [-0.2, -0.15) is 0 Å². The minimum atomic E-state index is -0.434. The molecule has 0 saturated heterocycles. The van der Waals surface area contributed by atoms with E-state index in [1.54, 1.807) is 49.5 Å². The number of halogens is 2. The summed E-state index contributed by atoms with van der Waals surface area (Å²) in [6, 6.07) is 15.4. The third kappa shape index (κ3) is 4.03. The number of rotatable bonds is 5. The molecule has 0 unspecified atom stereocenters. The Morgan fingerprint density at radius 2 is 1.77 bits per heavy atom. The van der Waals surface area contributed by atoms with E-state index in [1.165, 1.54) is 29.3 Å². The Kier molecular flexibility index (Phi) is 5.22. The van der Waals surface area contributed by atoms with Gasteiger partial charge in [-0.3, -0.25) is 4.79 Å². The highest BCUT2D eigenvalue weighted by atomic mass is 19.1. The van der Waals surface area contributed by atoms with Crippen molar-refractivity contribution in [2.24, 2.45) is 0 Å². The Balaban J connectivity index is 1.81. The first kappa shape index (κ1) is 17.5. The summed E-state index contributed by atoms with van der Waals surface area (Å²) in [7, 11) is 1.64. The second-order valence-electron chi connectivity index (χ2n) is 5.79. The zero-order chi connectivity index (χ0) is 18.5. The van der Waals surface area contributed by atoms with E-state index in [0.717, 1.165) is 5.56 Å². The fourth-order valence-corrected chi connectivity index (χ4v) is 2.51. The fraction of sp³-hybridized carbons (Fsp3) is 0.100. The van der Waals surface area contributed by atoms with Crippen molar-refractivity contribution in [3.05, 3.63) is 89.6 Å². The van der Waals surface area contributed by atoms with Crippen molar-refractivity contribution in [2.75, 3.05) is 12.4 Å². The molecular weight excluding hydrogens is 336 g/mol. The van der Waals surface area contributed by atoms with Crippen LogP contribution in [0.15, 0.2) is 66.9 Å². The molecule has 0 bridgehead atoms. The number of hydrogen-bond donors (Lipinski definition) is 1. The summed E-state index contributed by atoms with van der Waals surface area (Å²) in [6.45, 7) is 0.313. The van der Waals surface area contributed by atoms with Gasteiger partial charge in [0.25, 0.3) is 5.91 Å². The van der Waals surface area contributed by atoms with E-state index in [-0.39, 0.29) is 23.2 Å². The maximum Gasteiger partial charge on any atom is 0.257 e. The van der Waals surface area contributed by atoms with Gasteiger partial charge in [-0.1, -0.05) is 24.3 Å². The van der Waals surface area contributed by atoms with Gasteiger partial charge in [-0.25, -0.2) is 13.8 Å². The number of carbonyl (C=O) groups is 1. The number of benzene rings is 2. The van der Waals surface area contributed by atoms with Crippen LogP contribution in [0.4, 0.5) is 20.3 Å². The number of aromatic nitrogens is 1. The van der Waals surface area contributed by atoms with E-state index in [9.17, 15) is 13.6 Å². The summed E-state index contributed by atoms with van der Waals surface area (Å²) in [4.78, 5) is 18.4. The molecule has 0 aliphatic heterocycles. The molecule has 4 nitrogen and oxygen atoms in total. The highest BCUT2D eigenvalue weighted by molar-refractivity contribution is 5.99. The molecule has 3 rings (SSSR count). The largest absolute Gasteiger partial charge is 0.337 e. The molecular formula is C20H17F2N3O. The Morgan fingerprint density at radius 3 is 2.50 bits per heavy atom. The number of nitrogens with zero attached hydrogens (tertiary/aromatic N) is 2. The van der Waals surface area contributed by atoms with E-state index < -0.39 is 5.82 Å². The molecule has 132 valence electrons. The van der Waals surface area contributed by atoms with Crippen LogP contribution in [-0.2, 0) is 6.54 Å². The summed E-state index contributed by atoms with van der Waals surface area (Å²) < 4.78 is 26.9. The van der Waals surface area contributed by atoms with Crippen molar-refractivity contribution in [2.45, 2.75) is 6.54 Å². The number of nitrogens with one attached hydrogen (secondary N) is 1. The van der Waals surface area contributed by atoms with Gasteiger partial charge < -0.3 is 10.2 Å². The van der Waals surface area contributed by atoms with Gasteiger partial charge in [0, 0.05) is 19.8 Å². The summed E-state index contributed by atoms with van der Waals surface area (Å²) >= 11 is 0. The molecule has 0 spiro atoms. The maximum atomic E-state index is 13.9. The van der Waals surface area contributed by atoms with E-state index in [2.05, 4.69) is 10.3 Å². The highest BCUT2D eigenvalue weighted by Crippen LogP contribution is 2.22. The quantitative estimate of drug-likeness (QED) is 0.741. The minimum absolute atomic E-state index is 0.237. The first-order valence-electron chi connectivity index (χ1n) is 8.01. The molecule has 0 saturated carbocycles. The van der Waals surface area contributed by atoms with Crippen LogP contribution in [0.3, 0.4) is 0 Å². The maximum absolute atomic E-state index is 13.9. The SMILES string of the molecule is CN(Cc1ccc(F)cc1)C(=O)c1cccnc1Nc1ccccc1F. The highest BCUT2D eigenvalue weighted by Gasteiger charge is 2.17. The molecule has 0 aliphatic carbocycles. The van der Waals surface area contributed by atoms with E-state index in [0.29, 0.717) is 12.1 Å². The van der Waals surface area contributed by atoms with Crippen molar-refractivity contribution in [3.63, 3.8) is 0 Å². The molecule has 0 atom stereocenters. The Hall–Kier alpha value is -3.28. The van der Waals surface area contributed by atoms with Crippen LogP contribution in [0.25, 0.3) is 0 Å². The van der Waals surface area contributed by atoms with E-state index in [4.69, 9.17) is 0 Å². The van der Waals surface area contributed by atoms with Gasteiger partial charge in [0.2, 0.25) is 0 Å². The predicted molar refractivity (Wildman–Crippen MR) is 96.1 cm³/mol. The standard InChI is InChI=1S/C20H17F2N3O/c1-25(13-14-8-10-15(21)11-9-14)20(26)16-5-4-12-23-19(16)24-18-7-3-2-6-17(18)22/h2-12H,13H2,1H3,(H,23,24). The third-order valence-corrected chi connectivity index (χ3v) is 3.84. The topological polar surface area (TPSA) is 45.2 Å². The van der Waals surface area contributed by atoms with Crippen LogP contribution in [-0.4, -0.2) is 22.8 Å². The van der Waals surface area contributed by atoms with Crippen LogP contribution in [0.1, 0.15) is 15.9 Å². The molecule has 2 aromatic carbocycles. The van der Waals surface area contributed by atoms with Crippen molar-refractivity contribution in [1.82, 2.24) is 9.88 Å². The molecule has 0 fully saturated rings. The van der Waals surface area contributed by atoms with Gasteiger partial charge in [0.05, 0.1) is 11.3 Å². The van der Waals surface area contributed by atoms with Crippen LogP contribution < -0.4 is 5.32 Å². The summed E-state index contributed by atoms with van der Waals surface area (Å²) in [6.07, 6.45) is 1.53. The predicted octanol–water partition coefficient (Wildman–Crippen LogP) is 4.38. The first-order valence-corrected chi connectivity index (χ1v) is 8.01. The molecule has 6 heteroatoms. The Morgan fingerprint density at radius 1 is 1.04 bits per heavy atom. The number of hydrogen-bond acceptors (Lipinski definition) is 3. The lowest BCUT2D eigenvalue weighted by atomic mass is 10.1. The van der Waals surface area contributed by atoms with Crippen LogP contribution in [0.5, 0.6) is 0 Å². The average Bonchev–Trinajstić information content (AvgIpc) is 2.65. The van der Waals surface area contributed by atoms with E-state index in [1.807, 2.05) is 0 Å². The van der Waals surface area contributed by atoms with E-state index >= 15 is 0 Å². The van der Waals surface area contributed by atoms with Crippen molar-refractivity contribution in [1.29, 1.82) is 0 Å². The zero-order valence-corrected chi connectivity index (χ0v) is 14.1. The third-order valence-electron chi connectivity index (χ3n) is 3.84. The second kappa shape index (κ2) is 7.74. The van der Waals surface area contributed by atoms with Gasteiger partial charge in [-0.05, 0) is 42.0 Å². The molecule has 1 N–H and O–H groups in total. The molecule has 0 radical (unpaired) electrons. The normalized spacial score (nSPS) is 10.4.